The van der Waals surface area contributed by atoms with Crippen LogP contribution < -0.4 is 10.6 Å². The summed E-state index contributed by atoms with van der Waals surface area (Å²) in [5, 5.41) is 9.20. The van der Waals surface area contributed by atoms with Gasteiger partial charge in [-0.25, -0.2) is 4.79 Å². The molecule has 3 rings (SSSR count). The highest BCUT2D eigenvalue weighted by Crippen LogP contribution is 2.26. The van der Waals surface area contributed by atoms with E-state index >= 15 is 0 Å². The molecular weight excluding hydrogens is 264 g/mol. The van der Waals surface area contributed by atoms with Crippen molar-refractivity contribution in [2.75, 3.05) is 17.2 Å². The van der Waals surface area contributed by atoms with Crippen LogP contribution in [0.5, 0.6) is 0 Å². The van der Waals surface area contributed by atoms with Crippen molar-refractivity contribution in [2.24, 2.45) is 0 Å². The largest absolute Gasteiger partial charge is 0.478 e. The molecule has 0 saturated carbocycles. The highest BCUT2D eigenvalue weighted by molar-refractivity contribution is 5.94. The zero-order valence-corrected chi connectivity index (χ0v) is 11.7. The Balaban J connectivity index is 1.94. The van der Waals surface area contributed by atoms with E-state index in [1.54, 1.807) is 12.1 Å². The maximum Gasteiger partial charge on any atom is 0.337 e. The van der Waals surface area contributed by atoms with Crippen molar-refractivity contribution in [1.29, 1.82) is 0 Å². The highest BCUT2D eigenvalue weighted by Gasteiger charge is 2.16. The van der Waals surface area contributed by atoms with E-state index in [2.05, 4.69) is 23.1 Å². The van der Waals surface area contributed by atoms with Crippen LogP contribution in [0, 0.1) is 0 Å². The Kier molecular flexibility index (Phi) is 3.52. The zero-order valence-electron chi connectivity index (χ0n) is 11.7. The van der Waals surface area contributed by atoms with Gasteiger partial charge in [0.15, 0.2) is 0 Å². The minimum atomic E-state index is -0.982. The van der Waals surface area contributed by atoms with Gasteiger partial charge in [0.2, 0.25) is 0 Å². The molecule has 4 heteroatoms. The summed E-state index contributed by atoms with van der Waals surface area (Å²) in [7, 11) is 0. The van der Waals surface area contributed by atoms with E-state index in [9.17, 15) is 9.90 Å². The summed E-state index contributed by atoms with van der Waals surface area (Å²) < 4.78 is 0. The van der Waals surface area contributed by atoms with Gasteiger partial charge in [-0.2, -0.15) is 0 Å². The van der Waals surface area contributed by atoms with Gasteiger partial charge in [-0.1, -0.05) is 24.3 Å². The Morgan fingerprint density at radius 3 is 2.67 bits per heavy atom. The quantitative estimate of drug-likeness (QED) is 0.831. The van der Waals surface area contributed by atoms with E-state index in [0.717, 1.165) is 31.6 Å². The number of hydrogen-bond donors (Lipinski definition) is 2. The molecular formula is C17H18N2O2. The molecule has 0 radical (unpaired) electrons. The predicted octanol–water partition coefficient (Wildman–Crippen LogP) is 2.92. The molecule has 1 aliphatic rings. The lowest BCUT2D eigenvalue weighted by molar-refractivity contribution is 0.0698. The number of aryl methyl sites for hydroxylation is 1. The van der Waals surface area contributed by atoms with E-state index in [1.165, 1.54) is 11.1 Å². The Morgan fingerprint density at radius 2 is 1.90 bits per heavy atom. The average molecular weight is 282 g/mol. The molecule has 0 atom stereocenters. The van der Waals surface area contributed by atoms with Crippen LogP contribution in [0.15, 0.2) is 42.5 Å². The smallest absolute Gasteiger partial charge is 0.337 e. The van der Waals surface area contributed by atoms with Gasteiger partial charge in [0.1, 0.15) is 0 Å². The number of nitrogen functional groups attached to an aromatic ring is 1. The summed E-state index contributed by atoms with van der Waals surface area (Å²) in [5.74, 6) is -0.982. The molecule has 0 amide bonds. The number of hydrogen-bond acceptors (Lipinski definition) is 3. The number of fused-ring (bicyclic) bond motifs is 1. The third-order valence-electron chi connectivity index (χ3n) is 3.99. The predicted molar refractivity (Wildman–Crippen MR) is 83.6 cm³/mol. The van der Waals surface area contributed by atoms with Gasteiger partial charge in [0, 0.05) is 24.5 Å². The molecule has 108 valence electrons. The lowest BCUT2D eigenvalue weighted by Crippen LogP contribution is -2.23. The molecule has 0 aromatic heterocycles. The van der Waals surface area contributed by atoms with Crippen LogP contribution in [0.25, 0.3) is 0 Å². The first-order valence-corrected chi connectivity index (χ1v) is 7.09. The van der Waals surface area contributed by atoms with Gasteiger partial charge in [-0.05, 0) is 42.2 Å². The second kappa shape index (κ2) is 5.48. The molecule has 3 N–H and O–H groups in total. The molecule has 21 heavy (non-hydrogen) atoms. The first-order valence-electron chi connectivity index (χ1n) is 7.09. The number of nitrogens with zero attached hydrogens (tertiary/aromatic N) is 1. The van der Waals surface area contributed by atoms with Crippen LogP contribution in [0.4, 0.5) is 11.4 Å². The monoisotopic (exact) mass is 282 g/mol. The average Bonchev–Trinajstić information content (AvgIpc) is 2.69. The van der Waals surface area contributed by atoms with E-state index in [0.29, 0.717) is 5.69 Å². The number of carbonyl (C=O) groups is 1. The molecule has 0 fully saturated rings. The van der Waals surface area contributed by atoms with Crippen LogP contribution >= 0.6 is 0 Å². The van der Waals surface area contributed by atoms with Crippen LogP contribution in [0.3, 0.4) is 0 Å². The first kappa shape index (κ1) is 13.5. The molecule has 0 unspecified atom stereocenters. The van der Waals surface area contributed by atoms with Crippen molar-refractivity contribution < 1.29 is 9.90 Å². The fourth-order valence-corrected chi connectivity index (χ4v) is 2.85. The lowest BCUT2D eigenvalue weighted by Gasteiger charge is -2.24. The fraction of sp³-hybridized carbons (Fsp3) is 0.235. The van der Waals surface area contributed by atoms with Crippen molar-refractivity contribution in [1.82, 2.24) is 0 Å². The Labute approximate surface area is 123 Å². The first-order chi connectivity index (χ1) is 10.1. The Bertz CT molecular complexity index is 682. The SMILES string of the molecule is Nc1ccc(N2CCCc3ccccc3C2)cc1C(=O)O. The van der Waals surface area contributed by atoms with Crippen LogP contribution in [-0.4, -0.2) is 17.6 Å². The summed E-state index contributed by atoms with van der Waals surface area (Å²) in [6, 6.07) is 13.7. The fourth-order valence-electron chi connectivity index (χ4n) is 2.85. The molecule has 1 aliphatic heterocycles. The van der Waals surface area contributed by atoms with Gasteiger partial charge in [0.25, 0.3) is 0 Å². The van der Waals surface area contributed by atoms with Gasteiger partial charge in [0.05, 0.1) is 5.56 Å². The van der Waals surface area contributed by atoms with E-state index in [1.807, 2.05) is 12.1 Å². The lowest BCUT2D eigenvalue weighted by atomic mass is 10.0. The molecule has 0 aliphatic carbocycles. The normalized spacial score (nSPS) is 14.4. The maximum absolute atomic E-state index is 11.2. The van der Waals surface area contributed by atoms with Gasteiger partial charge < -0.3 is 15.7 Å². The number of carboxylic acid groups (broad SMARTS) is 1. The van der Waals surface area contributed by atoms with E-state index in [4.69, 9.17) is 5.73 Å². The Hall–Kier alpha value is -2.49. The molecule has 0 saturated heterocycles. The van der Waals surface area contributed by atoms with Crippen LogP contribution in [0.1, 0.15) is 27.9 Å². The highest BCUT2D eigenvalue weighted by atomic mass is 16.4. The van der Waals surface area contributed by atoms with Crippen LogP contribution in [-0.2, 0) is 13.0 Å². The van der Waals surface area contributed by atoms with Crippen molar-refractivity contribution in [3.05, 3.63) is 59.2 Å². The van der Waals surface area contributed by atoms with Gasteiger partial charge in [-0.15, -0.1) is 0 Å². The standard InChI is InChI=1S/C17H18N2O2/c18-16-8-7-14(10-15(16)17(20)21)19-9-3-6-12-4-1-2-5-13(12)11-19/h1-2,4-5,7-8,10H,3,6,9,11,18H2,(H,20,21). The number of benzene rings is 2. The zero-order chi connectivity index (χ0) is 14.8. The third-order valence-corrected chi connectivity index (χ3v) is 3.99. The second-order valence-electron chi connectivity index (χ2n) is 5.37. The van der Waals surface area contributed by atoms with Crippen molar-refractivity contribution >= 4 is 17.3 Å². The summed E-state index contributed by atoms with van der Waals surface area (Å²) in [4.78, 5) is 13.4. The summed E-state index contributed by atoms with van der Waals surface area (Å²) in [5.41, 5.74) is 9.81. The minimum Gasteiger partial charge on any atom is -0.478 e. The number of aromatic carboxylic acids is 1. The number of rotatable bonds is 2. The van der Waals surface area contributed by atoms with Crippen LogP contribution in [0.2, 0.25) is 0 Å². The molecule has 2 aromatic carbocycles. The maximum atomic E-state index is 11.2. The molecule has 1 heterocycles. The van der Waals surface area contributed by atoms with Gasteiger partial charge >= 0.3 is 5.97 Å². The number of carboxylic acids is 1. The topological polar surface area (TPSA) is 66.6 Å². The van der Waals surface area contributed by atoms with E-state index < -0.39 is 5.97 Å². The second-order valence-corrected chi connectivity index (χ2v) is 5.37. The summed E-state index contributed by atoms with van der Waals surface area (Å²) >= 11 is 0. The van der Waals surface area contributed by atoms with Crippen molar-refractivity contribution in [3.63, 3.8) is 0 Å². The molecule has 4 nitrogen and oxygen atoms in total. The number of anilines is 2. The summed E-state index contributed by atoms with van der Waals surface area (Å²) in [6.45, 7) is 1.72. The minimum absolute atomic E-state index is 0.171. The molecule has 2 aromatic rings. The van der Waals surface area contributed by atoms with Crippen molar-refractivity contribution in [2.45, 2.75) is 19.4 Å². The molecule has 0 bridgehead atoms. The third kappa shape index (κ3) is 2.70. The summed E-state index contributed by atoms with van der Waals surface area (Å²) in [6.07, 6.45) is 2.12. The van der Waals surface area contributed by atoms with Crippen molar-refractivity contribution in [3.8, 4) is 0 Å². The number of nitrogens with two attached hydrogens (primary N) is 1. The Morgan fingerprint density at radius 1 is 1.14 bits per heavy atom. The van der Waals surface area contributed by atoms with Gasteiger partial charge in [-0.3, -0.25) is 0 Å². The molecule has 0 spiro atoms. The van der Waals surface area contributed by atoms with E-state index in [-0.39, 0.29) is 5.56 Å².